The number of rotatable bonds is 4. The molecule has 0 saturated carbocycles. The lowest BCUT2D eigenvalue weighted by molar-refractivity contribution is 0.298. The molecule has 2 atom stereocenters. The molecule has 0 aliphatic carbocycles. The standard InChI is InChI=1S/C16H25NS/c1-16(2,3)15(17)10-6-7-12-11-18-14-9-5-4-8-13(12)14/h4-5,8-9,12,15H,6-7,10-11,17H2,1-3H3. The zero-order valence-electron chi connectivity index (χ0n) is 11.8. The molecule has 0 amide bonds. The van der Waals surface area contributed by atoms with Gasteiger partial charge in [0.05, 0.1) is 0 Å². The van der Waals surface area contributed by atoms with E-state index in [1.165, 1.54) is 23.5 Å². The lowest BCUT2D eigenvalue weighted by atomic mass is 9.83. The van der Waals surface area contributed by atoms with Crippen molar-refractivity contribution in [1.82, 2.24) is 0 Å². The van der Waals surface area contributed by atoms with Crippen molar-refractivity contribution >= 4 is 11.8 Å². The fourth-order valence-electron chi connectivity index (χ4n) is 2.49. The van der Waals surface area contributed by atoms with E-state index in [-0.39, 0.29) is 5.41 Å². The SMILES string of the molecule is CC(C)(C)C(N)CCCC1CSc2ccccc21. The summed E-state index contributed by atoms with van der Waals surface area (Å²) in [4.78, 5) is 1.49. The maximum atomic E-state index is 6.22. The van der Waals surface area contributed by atoms with Crippen LogP contribution in [0.15, 0.2) is 29.2 Å². The molecule has 1 heterocycles. The molecule has 0 aromatic heterocycles. The van der Waals surface area contributed by atoms with Gasteiger partial charge in [0, 0.05) is 16.7 Å². The van der Waals surface area contributed by atoms with E-state index in [1.54, 1.807) is 5.56 Å². The largest absolute Gasteiger partial charge is 0.327 e. The Morgan fingerprint density at radius 3 is 2.78 bits per heavy atom. The predicted octanol–water partition coefficient (Wildman–Crippen LogP) is 4.42. The van der Waals surface area contributed by atoms with Crippen LogP contribution in [0.3, 0.4) is 0 Å². The van der Waals surface area contributed by atoms with E-state index in [4.69, 9.17) is 5.73 Å². The maximum Gasteiger partial charge on any atom is 0.0107 e. The van der Waals surface area contributed by atoms with Crippen molar-refractivity contribution in [2.75, 3.05) is 5.75 Å². The summed E-state index contributed by atoms with van der Waals surface area (Å²) < 4.78 is 0. The Hall–Kier alpha value is -0.470. The molecule has 1 aromatic rings. The average Bonchev–Trinajstić information content (AvgIpc) is 2.71. The van der Waals surface area contributed by atoms with Crippen LogP contribution in [0.2, 0.25) is 0 Å². The normalized spacial score (nSPS) is 20.8. The monoisotopic (exact) mass is 263 g/mol. The van der Waals surface area contributed by atoms with Gasteiger partial charge in [-0.1, -0.05) is 45.4 Å². The Morgan fingerprint density at radius 1 is 1.33 bits per heavy atom. The molecular formula is C16H25NS. The fourth-order valence-corrected chi connectivity index (χ4v) is 3.79. The Bertz CT molecular complexity index is 394. The number of benzene rings is 1. The topological polar surface area (TPSA) is 26.0 Å². The third kappa shape index (κ3) is 3.30. The highest BCUT2D eigenvalue weighted by molar-refractivity contribution is 7.99. The van der Waals surface area contributed by atoms with Gasteiger partial charge in [-0.15, -0.1) is 11.8 Å². The number of thioether (sulfide) groups is 1. The van der Waals surface area contributed by atoms with Crippen LogP contribution in [0, 0.1) is 5.41 Å². The van der Waals surface area contributed by atoms with Gasteiger partial charge in [0.15, 0.2) is 0 Å². The van der Waals surface area contributed by atoms with E-state index in [0.717, 1.165) is 12.3 Å². The maximum absolute atomic E-state index is 6.22. The molecular weight excluding hydrogens is 238 g/mol. The van der Waals surface area contributed by atoms with E-state index in [2.05, 4.69) is 45.0 Å². The Balaban J connectivity index is 1.83. The van der Waals surface area contributed by atoms with Gasteiger partial charge in [-0.2, -0.15) is 0 Å². The first-order valence-electron chi connectivity index (χ1n) is 6.96. The van der Waals surface area contributed by atoms with Crippen molar-refractivity contribution < 1.29 is 0 Å². The van der Waals surface area contributed by atoms with Crippen molar-refractivity contribution in [3.8, 4) is 0 Å². The van der Waals surface area contributed by atoms with Crippen LogP contribution in [0.4, 0.5) is 0 Å². The predicted molar refractivity (Wildman–Crippen MR) is 81.2 cm³/mol. The van der Waals surface area contributed by atoms with E-state index < -0.39 is 0 Å². The fraction of sp³-hybridized carbons (Fsp3) is 0.625. The van der Waals surface area contributed by atoms with E-state index >= 15 is 0 Å². The molecule has 1 aliphatic heterocycles. The highest BCUT2D eigenvalue weighted by Crippen LogP contribution is 2.41. The van der Waals surface area contributed by atoms with E-state index in [0.29, 0.717) is 6.04 Å². The molecule has 1 aromatic carbocycles. The zero-order chi connectivity index (χ0) is 13.2. The van der Waals surface area contributed by atoms with Crippen LogP contribution in [0.5, 0.6) is 0 Å². The number of hydrogen-bond acceptors (Lipinski definition) is 2. The smallest absolute Gasteiger partial charge is 0.0107 e. The Labute approximate surface area is 116 Å². The van der Waals surface area contributed by atoms with Crippen molar-refractivity contribution in [3.63, 3.8) is 0 Å². The Kier molecular flexibility index (Phi) is 4.39. The molecule has 1 aliphatic rings. The van der Waals surface area contributed by atoms with Gasteiger partial charge in [0.25, 0.3) is 0 Å². The van der Waals surface area contributed by atoms with Gasteiger partial charge in [0.1, 0.15) is 0 Å². The quantitative estimate of drug-likeness (QED) is 0.870. The summed E-state index contributed by atoms with van der Waals surface area (Å²) in [6, 6.07) is 9.18. The third-order valence-corrected chi connectivity index (χ3v) is 5.23. The van der Waals surface area contributed by atoms with Crippen LogP contribution in [-0.2, 0) is 0 Å². The van der Waals surface area contributed by atoms with Gasteiger partial charge < -0.3 is 5.73 Å². The number of nitrogens with two attached hydrogens (primary N) is 1. The van der Waals surface area contributed by atoms with Gasteiger partial charge >= 0.3 is 0 Å². The van der Waals surface area contributed by atoms with Crippen LogP contribution in [0.1, 0.15) is 51.5 Å². The van der Waals surface area contributed by atoms with E-state index in [9.17, 15) is 0 Å². The number of hydrogen-bond donors (Lipinski definition) is 1. The molecule has 2 rings (SSSR count). The molecule has 18 heavy (non-hydrogen) atoms. The first-order valence-corrected chi connectivity index (χ1v) is 7.94. The van der Waals surface area contributed by atoms with Crippen LogP contribution in [0.25, 0.3) is 0 Å². The van der Waals surface area contributed by atoms with Crippen molar-refractivity contribution in [3.05, 3.63) is 29.8 Å². The minimum atomic E-state index is 0.238. The molecule has 0 radical (unpaired) electrons. The molecule has 0 saturated heterocycles. The molecule has 2 heteroatoms. The minimum absolute atomic E-state index is 0.238. The highest BCUT2D eigenvalue weighted by Gasteiger charge is 2.24. The summed E-state index contributed by atoms with van der Waals surface area (Å²) in [5, 5.41) is 0. The van der Waals surface area contributed by atoms with Crippen molar-refractivity contribution in [1.29, 1.82) is 0 Å². The van der Waals surface area contributed by atoms with Crippen LogP contribution >= 0.6 is 11.8 Å². The second-order valence-corrected chi connectivity index (χ2v) is 7.51. The second kappa shape index (κ2) is 5.66. The molecule has 100 valence electrons. The van der Waals surface area contributed by atoms with Gasteiger partial charge in [-0.3, -0.25) is 0 Å². The molecule has 2 unspecified atom stereocenters. The summed E-state index contributed by atoms with van der Waals surface area (Å²) >= 11 is 2.01. The molecule has 2 N–H and O–H groups in total. The molecule has 0 bridgehead atoms. The summed E-state index contributed by atoms with van der Waals surface area (Å²) in [6.45, 7) is 6.70. The lowest BCUT2D eigenvalue weighted by Crippen LogP contribution is -2.34. The second-order valence-electron chi connectivity index (χ2n) is 6.45. The minimum Gasteiger partial charge on any atom is -0.327 e. The Morgan fingerprint density at radius 2 is 2.06 bits per heavy atom. The first-order chi connectivity index (χ1) is 8.48. The van der Waals surface area contributed by atoms with Gasteiger partial charge in [-0.05, 0) is 35.8 Å². The highest BCUT2D eigenvalue weighted by atomic mass is 32.2. The molecule has 0 spiro atoms. The summed E-state index contributed by atoms with van der Waals surface area (Å²) in [5.41, 5.74) is 8.03. The van der Waals surface area contributed by atoms with Crippen molar-refractivity contribution in [2.24, 2.45) is 11.1 Å². The first kappa shape index (κ1) is 14.0. The van der Waals surface area contributed by atoms with Gasteiger partial charge in [0.2, 0.25) is 0 Å². The summed E-state index contributed by atoms with van der Waals surface area (Å²) in [7, 11) is 0. The van der Waals surface area contributed by atoms with Crippen LogP contribution < -0.4 is 5.73 Å². The molecule has 0 fully saturated rings. The van der Waals surface area contributed by atoms with E-state index in [1.807, 2.05) is 11.8 Å². The van der Waals surface area contributed by atoms with Crippen LogP contribution in [-0.4, -0.2) is 11.8 Å². The average molecular weight is 263 g/mol. The summed E-state index contributed by atoms with van der Waals surface area (Å²) in [5.74, 6) is 2.00. The molecule has 1 nitrogen and oxygen atoms in total. The third-order valence-electron chi connectivity index (χ3n) is 3.98. The number of fused-ring (bicyclic) bond motifs is 1. The summed E-state index contributed by atoms with van der Waals surface area (Å²) in [6.07, 6.45) is 3.68. The lowest BCUT2D eigenvalue weighted by Gasteiger charge is -2.27. The van der Waals surface area contributed by atoms with Crippen molar-refractivity contribution in [2.45, 2.75) is 56.9 Å². The van der Waals surface area contributed by atoms with Gasteiger partial charge in [-0.25, -0.2) is 0 Å². The zero-order valence-corrected chi connectivity index (χ0v) is 12.6.